The minimum Gasteiger partial charge on any atom is -0.325 e. The highest BCUT2D eigenvalue weighted by atomic mass is 79.9. The van der Waals surface area contributed by atoms with Gasteiger partial charge >= 0.3 is 0 Å². The highest BCUT2D eigenvalue weighted by Crippen LogP contribution is 2.23. The van der Waals surface area contributed by atoms with Crippen LogP contribution in [0.1, 0.15) is 50.3 Å². The summed E-state index contributed by atoms with van der Waals surface area (Å²) in [5.41, 5.74) is 3.25. The van der Waals surface area contributed by atoms with E-state index >= 15 is 0 Å². The standard InChI is InChI=1S/C20H25BrN2O/c1-4-18(15-9-11-16(21)12-10-15)22-13-20(24)23-19-8-6-5-7-17(19)14(2)3/h5-12,14,18,22H,4,13H2,1-3H3,(H,23,24)/t18-/m0/s1. The van der Waals surface area contributed by atoms with Crippen LogP contribution in [0.25, 0.3) is 0 Å². The van der Waals surface area contributed by atoms with E-state index < -0.39 is 0 Å². The molecule has 0 unspecified atom stereocenters. The van der Waals surface area contributed by atoms with E-state index in [0.717, 1.165) is 22.1 Å². The van der Waals surface area contributed by atoms with E-state index in [-0.39, 0.29) is 11.9 Å². The summed E-state index contributed by atoms with van der Waals surface area (Å²) in [4.78, 5) is 12.3. The fourth-order valence-corrected chi connectivity index (χ4v) is 2.98. The second kappa shape index (κ2) is 9.00. The molecule has 2 aromatic carbocycles. The quantitative estimate of drug-likeness (QED) is 0.679. The Labute approximate surface area is 153 Å². The Hall–Kier alpha value is -1.65. The number of para-hydroxylation sites is 1. The maximum Gasteiger partial charge on any atom is 0.238 e. The lowest BCUT2D eigenvalue weighted by Gasteiger charge is -2.18. The van der Waals surface area contributed by atoms with Crippen LogP contribution in [0.15, 0.2) is 53.0 Å². The molecule has 4 heteroatoms. The van der Waals surface area contributed by atoms with Gasteiger partial charge in [0.25, 0.3) is 0 Å². The monoisotopic (exact) mass is 388 g/mol. The first kappa shape index (κ1) is 18.7. The van der Waals surface area contributed by atoms with Gasteiger partial charge in [0.2, 0.25) is 5.91 Å². The van der Waals surface area contributed by atoms with E-state index in [1.807, 2.05) is 30.3 Å². The number of halogens is 1. The molecule has 2 N–H and O–H groups in total. The molecule has 1 atom stereocenters. The van der Waals surface area contributed by atoms with Gasteiger partial charge in [0, 0.05) is 16.2 Å². The topological polar surface area (TPSA) is 41.1 Å². The Morgan fingerprint density at radius 1 is 1.08 bits per heavy atom. The molecule has 0 aliphatic carbocycles. The van der Waals surface area contributed by atoms with Gasteiger partial charge in [-0.25, -0.2) is 0 Å². The number of carbonyl (C=O) groups is 1. The molecule has 0 aliphatic rings. The summed E-state index contributed by atoms with van der Waals surface area (Å²) < 4.78 is 1.06. The van der Waals surface area contributed by atoms with Crippen LogP contribution >= 0.6 is 15.9 Å². The number of benzene rings is 2. The van der Waals surface area contributed by atoms with Gasteiger partial charge < -0.3 is 10.6 Å². The van der Waals surface area contributed by atoms with Crippen LogP contribution in [0.4, 0.5) is 5.69 Å². The minimum atomic E-state index is -0.0151. The molecule has 0 fully saturated rings. The van der Waals surface area contributed by atoms with Crippen molar-refractivity contribution in [3.8, 4) is 0 Å². The van der Waals surface area contributed by atoms with Crippen molar-refractivity contribution in [1.29, 1.82) is 0 Å². The SMILES string of the molecule is CC[C@H](NCC(=O)Nc1ccccc1C(C)C)c1ccc(Br)cc1. The average molecular weight is 389 g/mol. The van der Waals surface area contributed by atoms with Crippen LogP contribution in [0.2, 0.25) is 0 Å². The number of hydrogen-bond donors (Lipinski definition) is 2. The number of anilines is 1. The van der Waals surface area contributed by atoms with Crippen LogP contribution in [-0.2, 0) is 4.79 Å². The molecular formula is C20H25BrN2O. The van der Waals surface area contributed by atoms with E-state index in [2.05, 4.69) is 65.5 Å². The van der Waals surface area contributed by atoms with Crippen LogP contribution < -0.4 is 10.6 Å². The Morgan fingerprint density at radius 2 is 1.75 bits per heavy atom. The number of amides is 1. The maximum absolute atomic E-state index is 12.3. The van der Waals surface area contributed by atoms with Crippen molar-refractivity contribution in [3.63, 3.8) is 0 Å². The number of hydrogen-bond acceptors (Lipinski definition) is 2. The van der Waals surface area contributed by atoms with Gasteiger partial charge in [-0.1, -0.05) is 67.0 Å². The first-order valence-electron chi connectivity index (χ1n) is 8.39. The number of carbonyl (C=O) groups excluding carboxylic acids is 1. The number of nitrogens with one attached hydrogen (secondary N) is 2. The fourth-order valence-electron chi connectivity index (χ4n) is 2.72. The second-order valence-electron chi connectivity index (χ2n) is 6.18. The van der Waals surface area contributed by atoms with Crippen LogP contribution in [-0.4, -0.2) is 12.5 Å². The zero-order chi connectivity index (χ0) is 17.5. The molecule has 0 saturated carbocycles. The summed E-state index contributed by atoms with van der Waals surface area (Å²) in [6.45, 7) is 6.67. The molecule has 2 aromatic rings. The molecule has 3 nitrogen and oxygen atoms in total. The zero-order valence-corrected chi connectivity index (χ0v) is 16.1. The van der Waals surface area contributed by atoms with E-state index in [1.54, 1.807) is 0 Å². The van der Waals surface area contributed by atoms with Gasteiger partial charge in [0.1, 0.15) is 0 Å². The molecule has 0 aromatic heterocycles. The fraction of sp³-hybridized carbons (Fsp3) is 0.350. The van der Waals surface area contributed by atoms with Crippen LogP contribution in [0.5, 0.6) is 0 Å². The largest absolute Gasteiger partial charge is 0.325 e. The van der Waals surface area contributed by atoms with Crippen molar-refractivity contribution in [3.05, 3.63) is 64.1 Å². The Kier molecular flexibility index (Phi) is 7.00. The Bertz CT molecular complexity index is 668. The Morgan fingerprint density at radius 3 is 2.38 bits per heavy atom. The molecule has 128 valence electrons. The normalized spacial score (nSPS) is 12.2. The Balaban J connectivity index is 1.96. The molecule has 0 aliphatic heterocycles. The predicted octanol–water partition coefficient (Wildman–Crippen LogP) is 5.25. The predicted molar refractivity (Wildman–Crippen MR) is 104 cm³/mol. The highest BCUT2D eigenvalue weighted by Gasteiger charge is 2.12. The first-order valence-corrected chi connectivity index (χ1v) is 9.18. The van der Waals surface area contributed by atoms with E-state index in [4.69, 9.17) is 0 Å². The lowest BCUT2D eigenvalue weighted by atomic mass is 10.0. The third kappa shape index (κ3) is 5.18. The van der Waals surface area contributed by atoms with Crippen molar-refractivity contribution in [2.24, 2.45) is 0 Å². The summed E-state index contributed by atoms with van der Waals surface area (Å²) in [6, 6.07) is 16.4. The molecule has 1 amide bonds. The maximum atomic E-state index is 12.3. The molecule has 0 bridgehead atoms. The van der Waals surface area contributed by atoms with Gasteiger partial charge in [-0.2, -0.15) is 0 Å². The molecule has 0 spiro atoms. The van der Waals surface area contributed by atoms with E-state index in [1.165, 1.54) is 5.56 Å². The third-order valence-electron chi connectivity index (χ3n) is 4.05. The molecule has 0 radical (unpaired) electrons. The average Bonchev–Trinajstić information content (AvgIpc) is 2.57. The highest BCUT2D eigenvalue weighted by molar-refractivity contribution is 9.10. The summed E-state index contributed by atoms with van der Waals surface area (Å²) in [6.07, 6.45) is 0.928. The van der Waals surface area contributed by atoms with Crippen molar-refractivity contribution in [1.82, 2.24) is 5.32 Å². The smallest absolute Gasteiger partial charge is 0.238 e. The van der Waals surface area contributed by atoms with Gasteiger partial charge in [-0.15, -0.1) is 0 Å². The van der Waals surface area contributed by atoms with E-state index in [9.17, 15) is 4.79 Å². The molecule has 0 saturated heterocycles. The van der Waals surface area contributed by atoms with Gasteiger partial charge in [0.05, 0.1) is 6.54 Å². The van der Waals surface area contributed by atoms with Crippen LogP contribution in [0.3, 0.4) is 0 Å². The molecule has 24 heavy (non-hydrogen) atoms. The van der Waals surface area contributed by atoms with Crippen molar-refractivity contribution in [2.75, 3.05) is 11.9 Å². The molecular weight excluding hydrogens is 364 g/mol. The van der Waals surface area contributed by atoms with Crippen molar-refractivity contribution in [2.45, 2.75) is 39.2 Å². The summed E-state index contributed by atoms with van der Waals surface area (Å²) in [5, 5.41) is 6.37. The summed E-state index contributed by atoms with van der Waals surface area (Å²) in [7, 11) is 0. The van der Waals surface area contributed by atoms with Crippen molar-refractivity contribution < 1.29 is 4.79 Å². The van der Waals surface area contributed by atoms with Crippen LogP contribution in [0, 0.1) is 0 Å². The minimum absolute atomic E-state index is 0.0151. The second-order valence-corrected chi connectivity index (χ2v) is 7.10. The molecule has 2 rings (SSSR count). The lowest BCUT2D eigenvalue weighted by Crippen LogP contribution is -2.31. The lowest BCUT2D eigenvalue weighted by molar-refractivity contribution is -0.115. The van der Waals surface area contributed by atoms with Gasteiger partial charge in [-0.3, -0.25) is 4.79 Å². The zero-order valence-electron chi connectivity index (χ0n) is 14.5. The summed E-state index contributed by atoms with van der Waals surface area (Å²) >= 11 is 3.45. The van der Waals surface area contributed by atoms with Gasteiger partial charge in [0.15, 0.2) is 0 Å². The number of rotatable bonds is 7. The third-order valence-corrected chi connectivity index (χ3v) is 4.58. The van der Waals surface area contributed by atoms with Crippen molar-refractivity contribution >= 4 is 27.5 Å². The first-order chi connectivity index (χ1) is 11.5. The molecule has 0 heterocycles. The van der Waals surface area contributed by atoms with Gasteiger partial charge in [-0.05, 0) is 41.7 Å². The summed E-state index contributed by atoms with van der Waals surface area (Å²) in [5.74, 6) is 0.360. The van der Waals surface area contributed by atoms with E-state index in [0.29, 0.717) is 12.5 Å².